The first-order chi connectivity index (χ1) is 12.6. The van der Waals surface area contributed by atoms with Gasteiger partial charge in [0.15, 0.2) is 11.6 Å². The molecule has 3 aromatic rings. The lowest BCUT2D eigenvalue weighted by molar-refractivity contribution is 0.0671. The SMILES string of the molecule is COCc1nnc2n1[C@@H](C)CN(C(=O)c1cc3ccccc3oc1=O)C2. The summed E-state index contributed by atoms with van der Waals surface area (Å²) >= 11 is 0. The van der Waals surface area contributed by atoms with Crippen LogP contribution in [0.1, 0.15) is 35.0 Å². The summed E-state index contributed by atoms with van der Waals surface area (Å²) in [6.07, 6.45) is 0. The molecule has 1 aliphatic rings. The number of nitrogens with zero attached hydrogens (tertiary/aromatic N) is 4. The maximum atomic E-state index is 12.9. The van der Waals surface area contributed by atoms with Crippen molar-refractivity contribution in [1.82, 2.24) is 19.7 Å². The van der Waals surface area contributed by atoms with Gasteiger partial charge in [-0.3, -0.25) is 4.79 Å². The third-order valence-corrected chi connectivity index (χ3v) is 4.53. The van der Waals surface area contributed by atoms with E-state index in [-0.39, 0.29) is 24.1 Å². The van der Waals surface area contributed by atoms with Gasteiger partial charge in [0.2, 0.25) is 0 Å². The van der Waals surface area contributed by atoms with Crippen molar-refractivity contribution in [2.24, 2.45) is 0 Å². The average Bonchev–Trinajstić information content (AvgIpc) is 3.04. The van der Waals surface area contributed by atoms with Gasteiger partial charge >= 0.3 is 5.63 Å². The molecule has 1 amide bonds. The summed E-state index contributed by atoms with van der Waals surface area (Å²) in [6.45, 7) is 3.08. The molecule has 8 heteroatoms. The summed E-state index contributed by atoms with van der Waals surface area (Å²) in [7, 11) is 1.60. The molecular formula is C18H18N4O4. The van der Waals surface area contributed by atoms with Crippen molar-refractivity contribution in [1.29, 1.82) is 0 Å². The number of amides is 1. The van der Waals surface area contributed by atoms with Gasteiger partial charge in [-0.1, -0.05) is 18.2 Å². The Hall–Kier alpha value is -3.00. The number of ether oxygens (including phenoxy) is 1. The maximum Gasteiger partial charge on any atom is 0.349 e. The number of hydrogen-bond acceptors (Lipinski definition) is 6. The van der Waals surface area contributed by atoms with E-state index in [9.17, 15) is 9.59 Å². The third-order valence-electron chi connectivity index (χ3n) is 4.53. The largest absolute Gasteiger partial charge is 0.422 e. The van der Waals surface area contributed by atoms with Gasteiger partial charge in [0.05, 0.1) is 12.6 Å². The van der Waals surface area contributed by atoms with Gasteiger partial charge in [0.25, 0.3) is 5.91 Å². The van der Waals surface area contributed by atoms with Gasteiger partial charge in [-0.2, -0.15) is 0 Å². The minimum atomic E-state index is -0.631. The monoisotopic (exact) mass is 354 g/mol. The minimum Gasteiger partial charge on any atom is -0.422 e. The van der Waals surface area contributed by atoms with Crippen LogP contribution in [0.15, 0.2) is 39.5 Å². The van der Waals surface area contributed by atoms with Crippen LogP contribution in [0.4, 0.5) is 0 Å². The summed E-state index contributed by atoms with van der Waals surface area (Å²) in [5.74, 6) is 1.04. The van der Waals surface area contributed by atoms with Crippen molar-refractivity contribution in [2.45, 2.75) is 26.1 Å². The van der Waals surface area contributed by atoms with Gasteiger partial charge in [0, 0.05) is 19.0 Å². The topological polar surface area (TPSA) is 90.5 Å². The second-order valence-electron chi connectivity index (χ2n) is 6.36. The van der Waals surface area contributed by atoms with E-state index in [1.54, 1.807) is 30.2 Å². The minimum absolute atomic E-state index is 0.0182. The van der Waals surface area contributed by atoms with Gasteiger partial charge in [-0.25, -0.2) is 4.79 Å². The summed E-state index contributed by atoms with van der Waals surface area (Å²) < 4.78 is 12.4. The number of benzene rings is 1. The highest BCUT2D eigenvalue weighted by molar-refractivity contribution is 5.96. The Kier molecular flexibility index (Phi) is 4.04. The van der Waals surface area contributed by atoms with E-state index >= 15 is 0 Å². The van der Waals surface area contributed by atoms with Crippen LogP contribution in [0.2, 0.25) is 0 Å². The fourth-order valence-corrected chi connectivity index (χ4v) is 3.38. The van der Waals surface area contributed by atoms with Crippen molar-refractivity contribution in [3.05, 3.63) is 58.0 Å². The second kappa shape index (κ2) is 6.38. The predicted molar refractivity (Wildman–Crippen MR) is 92.7 cm³/mol. The Labute approximate surface area is 149 Å². The molecule has 1 aromatic carbocycles. The van der Waals surface area contributed by atoms with E-state index < -0.39 is 5.63 Å². The molecule has 8 nitrogen and oxygen atoms in total. The molecule has 1 atom stereocenters. The van der Waals surface area contributed by atoms with Crippen molar-refractivity contribution >= 4 is 16.9 Å². The van der Waals surface area contributed by atoms with Crippen LogP contribution >= 0.6 is 0 Å². The van der Waals surface area contributed by atoms with Crippen molar-refractivity contribution in [3.63, 3.8) is 0 Å². The first-order valence-electron chi connectivity index (χ1n) is 8.32. The lowest BCUT2D eigenvalue weighted by Crippen LogP contribution is -2.42. The highest BCUT2D eigenvalue weighted by Crippen LogP contribution is 2.23. The van der Waals surface area contributed by atoms with Crippen molar-refractivity contribution in [2.75, 3.05) is 13.7 Å². The Morgan fingerprint density at radius 2 is 2.15 bits per heavy atom. The van der Waals surface area contributed by atoms with Gasteiger partial charge in [0.1, 0.15) is 17.8 Å². The molecule has 134 valence electrons. The first kappa shape index (κ1) is 16.5. The molecule has 0 fully saturated rings. The lowest BCUT2D eigenvalue weighted by atomic mass is 10.1. The van der Waals surface area contributed by atoms with E-state index in [2.05, 4.69) is 10.2 Å². The number of hydrogen-bond donors (Lipinski definition) is 0. The number of rotatable bonds is 3. The summed E-state index contributed by atoms with van der Waals surface area (Å²) in [4.78, 5) is 26.8. The fourth-order valence-electron chi connectivity index (χ4n) is 3.38. The van der Waals surface area contributed by atoms with Gasteiger partial charge in [-0.15, -0.1) is 10.2 Å². The molecule has 0 saturated heterocycles. The molecule has 0 N–H and O–H groups in total. The Morgan fingerprint density at radius 3 is 2.96 bits per heavy atom. The first-order valence-corrected chi connectivity index (χ1v) is 8.32. The highest BCUT2D eigenvalue weighted by atomic mass is 16.5. The molecule has 4 rings (SSSR count). The lowest BCUT2D eigenvalue weighted by Gasteiger charge is -2.32. The highest BCUT2D eigenvalue weighted by Gasteiger charge is 2.31. The van der Waals surface area contributed by atoms with Crippen LogP contribution in [0.3, 0.4) is 0 Å². The maximum absolute atomic E-state index is 12.9. The van der Waals surface area contributed by atoms with E-state index in [0.717, 1.165) is 5.82 Å². The van der Waals surface area contributed by atoms with E-state index in [1.165, 1.54) is 0 Å². The average molecular weight is 354 g/mol. The normalized spacial score (nSPS) is 16.7. The molecule has 3 heterocycles. The number of aromatic nitrogens is 3. The van der Waals surface area contributed by atoms with Crippen LogP contribution in [-0.2, 0) is 17.9 Å². The smallest absolute Gasteiger partial charge is 0.349 e. The molecule has 0 bridgehead atoms. The quantitative estimate of drug-likeness (QED) is 0.666. The number of carbonyl (C=O) groups excluding carboxylic acids is 1. The van der Waals surface area contributed by atoms with Crippen LogP contribution in [0.5, 0.6) is 0 Å². The second-order valence-corrected chi connectivity index (χ2v) is 6.36. The summed E-state index contributed by atoms with van der Waals surface area (Å²) in [5.41, 5.74) is -0.139. The molecular weight excluding hydrogens is 336 g/mol. The molecule has 2 aromatic heterocycles. The standard InChI is InChI=1S/C18H18N4O4/c1-11-8-21(9-15-19-20-16(10-25-2)22(11)15)17(23)13-7-12-5-3-4-6-14(12)26-18(13)24/h3-7,11H,8-10H2,1-2H3/t11-/m0/s1. The molecule has 0 saturated carbocycles. The zero-order valence-corrected chi connectivity index (χ0v) is 14.5. The van der Waals surface area contributed by atoms with Crippen molar-refractivity contribution < 1.29 is 13.9 Å². The molecule has 0 radical (unpaired) electrons. The fraction of sp³-hybridized carbons (Fsp3) is 0.333. The Balaban J connectivity index is 1.67. The number of carbonyl (C=O) groups is 1. The van der Waals surface area contributed by atoms with E-state index in [0.29, 0.717) is 29.9 Å². The molecule has 0 unspecified atom stereocenters. The molecule has 1 aliphatic heterocycles. The van der Waals surface area contributed by atoms with Crippen LogP contribution in [0.25, 0.3) is 11.0 Å². The van der Waals surface area contributed by atoms with Crippen molar-refractivity contribution in [3.8, 4) is 0 Å². The van der Waals surface area contributed by atoms with Gasteiger partial charge < -0.3 is 18.6 Å². The number of para-hydroxylation sites is 1. The number of fused-ring (bicyclic) bond motifs is 2. The molecule has 26 heavy (non-hydrogen) atoms. The molecule has 0 spiro atoms. The van der Waals surface area contributed by atoms with Gasteiger partial charge in [-0.05, 0) is 19.1 Å². The van der Waals surface area contributed by atoms with Crippen LogP contribution in [-0.4, -0.2) is 39.2 Å². The zero-order valence-electron chi connectivity index (χ0n) is 14.5. The Bertz CT molecular complexity index is 1040. The van der Waals surface area contributed by atoms with Crippen LogP contribution in [0, 0.1) is 0 Å². The number of methoxy groups -OCH3 is 1. The summed E-state index contributed by atoms with van der Waals surface area (Å²) in [6, 6.07) is 8.69. The van der Waals surface area contributed by atoms with Crippen LogP contribution < -0.4 is 5.63 Å². The third kappa shape index (κ3) is 2.68. The Morgan fingerprint density at radius 1 is 1.35 bits per heavy atom. The predicted octanol–water partition coefficient (Wildman–Crippen LogP) is 1.75. The summed E-state index contributed by atoms with van der Waals surface area (Å²) in [5, 5.41) is 9.01. The van der Waals surface area contributed by atoms with E-state index in [1.807, 2.05) is 23.6 Å². The zero-order chi connectivity index (χ0) is 18.3. The van der Waals surface area contributed by atoms with E-state index in [4.69, 9.17) is 9.15 Å². The molecule has 0 aliphatic carbocycles.